The molecule has 0 aliphatic carbocycles. The van der Waals surface area contributed by atoms with Crippen molar-refractivity contribution in [3.63, 3.8) is 0 Å². The number of nitrogens with zero attached hydrogens (tertiary/aromatic N) is 2. The van der Waals surface area contributed by atoms with E-state index in [1.54, 1.807) is 7.11 Å². The van der Waals surface area contributed by atoms with E-state index >= 15 is 0 Å². The molecule has 4 nitrogen and oxygen atoms in total. The minimum absolute atomic E-state index is 0.158. The lowest BCUT2D eigenvalue weighted by molar-refractivity contribution is -0.0102. The van der Waals surface area contributed by atoms with Crippen molar-refractivity contribution in [1.82, 2.24) is 4.98 Å². The first-order valence-electron chi connectivity index (χ1n) is 5.16. The van der Waals surface area contributed by atoms with Crippen molar-refractivity contribution in [2.75, 3.05) is 38.3 Å². The molecule has 0 aromatic carbocycles. The molecule has 0 N–H and O–H groups in total. The number of methoxy groups -OCH3 is 1. The summed E-state index contributed by atoms with van der Waals surface area (Å²) >= 11 is 0. The van der Waals surface area contributed by atoms with E-state index in [4.69, 9.17) is 9.47 Å². The summed E-state index contributed by atoms with van der Waals surface area (Å²) in [5.41, 5.74) is 0. The summed E-state index contributed by atoms with van der Waals surface area (Å²) in [5, 5.41) is 0. The summed E-state index contributed by atoms with van der Waals surface area (Å²) in [6.45, 7) is 3.13. The molecule has 0 spiro atoms. The average Bonchev–Trinajstić information content (AvgIpc) is 2.31. The molecule has 1 fully saturated rings. The normalized spacial score (nSPS) is 21.7. The Kier molecular flexibility index (Phi) is 3.53. The molecule has 0 amide bonds. The first kappa shape index (κ1) is 10.4. The predicted octanol–water partition coefficient (Wildman–Crippen LogP) is 0.933. The zero-order valence-corrected chi connectivity index (χ0v) is 8.93. The van der Waals surface area contributed by atoms with E-state index in [9.17, 15) is 0 Å². The molecule has 82 valence electrons. The van der Waals surface area contributed by atoms with Crippen molar-refractivity contribution in [1.29, 1.82) is 0 Å². The lowest BCUT2D eigenvalue weighted by Gasteiger charge is -2.33. The van der Waals surface area contributed by atoms with Crippen molar-refractivity contribution in [2.24, 2.45) is 0 Å². The van der Waals surface area contributed by atoms with Crippen LogP contribution in [0.3, 0.4) is 0 Å². The Morgan fingerprint density at radius 1 is 1.60 bits per heavy atom. The van der Waals surface area contributed by atoms with Gasteiger partial charge < -0.3 is 14.4 Å². The maximum atomic E-state index is 5.58. The van der Waals surface area contributed by atoms with Crippen LogP contribution in [0, 0.1) is 0 Å². The molecule has 0 radical (unpaired) electrons. The van der Waals surface area contributed by atoms with E-state index < -0.39 is 0 Å². The highest BCUT2D eigenvalue weighted by atomic mass is 16.5. The first-order valence-corrected chi connectivity index (χ1v) is 5.16. The van der Waals surface area contributed by atoms with E-state index in [2.05, 4.69) is 9.88 Å². The average molecular weight is 208 g/mol. The molecule has 1 aromatic rings. The number of hydrogen-bond acceptors (Lipinski definition) is 4. The third kappa shape index (κ3) is 2.67. The van der Waals surface area contributed by atoms with Crippen LogP contribution in [-0.4, -0.2) is 44.5 Å². The van der Waals surface area contributed by atoms with Crippen molar-refractivity contribution >= 4 is 5.82 Å². The van der Waals surface area contributed by atoms with Gasteiger partial charge in [0.2, 0.25) is 0 Å². The Labute approximate surface area is 89.8 Å². The SMILES string of the molecule is COC[C@@H]1CN(c2ccccn2)CCO1. The molecular formula is C11H16N2O2. The number of aromatic nitrogens is 1. The molecule has 0 saturated carbocycles. The standard InChI is InChI=1S/C11H16N2O2/c1-14-9-10-8-13(6-7-15-10)11-4-2-3-5-12-11/h2-5,10H,6-9H2,1H3/t10-/m0/s1. The largest absolute Gasteiger partial charge is 0.382 e. The number of morpholine rings is 1. The second-order valence-corrected chi connectivity index (χ2v) is 3.58. The van der Waals surface area contributed by atoms with Gasteiger partial charge in [-0.25, -0.2) is 4.98 Å². The molecule has 2 rings (SSSR count). The predicted molar refractivity (Wildman–Crippen MR) is 58.1 cm³/mol. The van der Waals surface area contributed by atoms with Gasteiger partial charge in [-0.3, -0.25) is 0 Å². The highest BCUT2D eigenvalue weighted by Gasteiger charge is 2.20. The maximum absolute atomic E-state index is 5.58. The van der Waals surface area contributed by atoms with Crippen LogP contribution in [0.1, 0.15) is 0 Å². The number of ether oxygens (including phenoxy) is 2. The van der Waals surface area contributed by atoms with E-state index in [0.717, 1.165) is 25.5 Å². The molecule has 4 heteroatoms. The van der Waals surface area contributed by atoms with Gasteiger partial charge in [-0.15, -0.1) is 0 Å². The summed E-state index contributed by atoms with van der Waals surface area (Å²) in [6.07, 6.45) is 1.97. The Hall–Kier alpha value is -1.13. The van der Waals surface area contributed by atoms with Crippen molar-refractivity contribution < 1.29 is 9.47 Å². The van der Waals surface area contributed by atoms with E-state index in [1.807, 2.05) is 24.4 Å². The van der Waals surface area contributed by atoms with Gasteiger partial charge in [0.05, 0.1) is 19.3 Å². The topological polar surface area (TPSA) is 34.6 Å². The van der Waals surface area contributed by atoms with Crippen molar-refractivity contribution in [3.8, 4) is 0 Å². The van der Waals surface area contributed by atoms with E-state index in [-0.39, 0.29) is 6.10 Å². The second-order valence-electron chi connectivity index (χ2n) is 3.58. The van der Waals surface area contributed by atoms with Crippen LogP contribution < -0.4 is 4.90 Å². The minimum atomic E-state index is 0.158. The fraction of sp³-hybridized carbons (Fsp3) is 0.545. The fourth-order valence-corrected chi connectivity index (χ4v) is 1.75. The van der Waals surface area contributed by atoms with E-state index in [1.165, 1.54) is 0 Å². The molecule has 15 heavy (non-hydrogen) atoms. The van der Waals surface area contributed by atoms with Gasteiger partial charge in [0.25, 0.3) is 0 Å². The van der Waals surface area contributed by atoms with Gasteiger partial charge in [-0.1, -0.05) is 6.07 Å². The first-order chi connectivity index (χ1) is 7.40. The summed E-state index contributed by atoms with van der Waals surface area (Å²) in [7, 11) is 1.70. The monoisotopic (exact) mass is 208 g/mol. The summed E-state index contributed by atoms with van der Waals surface area (Å²) < 4.78 is 10.7. The zero-order chi connectivity index (χ0) is 10.5. The van der Waals surface area contributed by atoms with Crippen LogP contribution in [0.25, 0.3) is 0 Å². The summed E-state index contributed by atoms with van der Waals surface area (Å²) in [4.78, 5) is 6.56. The second kappa shape index (κ2) is 5.09. The van der Waals surface area contributed by atoms with Crippen molar-refractivity contribution in [3.05, 3.63) is 24.4 Å². The quantitative estimate of drug-likeness (QED) is 0.740. The lowest BCUT2D eigenvalue weighted by atomic mass is 10.3. The van der Waals surface area contributed by atoms with Crippen LogP contribution in [0.4, 0.5) is 5.82 Å². The molecule has 1 saturated heterocycles. The van der Waals surface area contributed by atoms with Crippen LogP contribution in [0.5, 0.6) is 0 Å². The number of rotatable bonds is 3. The maximum Gasteiger partial charge on any atom is 0.128 e. The molecule has 1 aliphatic heterocycles. The molecular weight excluding hydrogens is 192 g/mol. The Bertz CT molecular complexity index is 290. The van der Waals surface area contributed by atoms with Gasteiger partial charge in [0, 0.05) is 26.4 Å². The zero-order valence-electron chi connectivity index (χ0n) is 8.93. The van der Waals surface area contributed by atoms with Crippen LogP contribution in [0.2, 0.25) is 0 Å². The lowest BCUT2D eigenvalue weighted by Crippen LogP contribution is -2.44. The van der Waals surface area contributed by atoms with Crippen LogP contribution >= 0.6 is 0 Å². The molecule has 1 aliphatic rings. The third-order valence-corrected chi connectivity index (χ3v) is 2.46. The Balaban J connectivity index is 1.98. The Morgan fingerprint density at radius 2 is 2.53 bits per heavy atom. The van der Waals surface area contributed by atoms with Gasteiger partial charge in [-0.2, -0.15) is 0 Å². The van der Waals surface area contributed by atoms with E-state index in [0.29, 0.717) is 6.61 Å². The highest BCUT2D eigenvalue weighted by Crippen LogP contribution is 2.14. The molecule has 1 atom stereocenters. The molecule has 2 heterocycles. The smallest absolute Gasteiger partial charge is 0.128 e. The van der Waals surface area contributed by atoms with Gasteiger partial charge in [0.15, 0.2) is 0 Å². The fourth-order valence-electron chi connectivity index (χ4n) is 1.75. The van der Waals surface area contributed by atoms with Crippen molar-refractivity contribution in [2.45, 2.75) is 6.10 Å². The highest BCUT2D eigenvalue weighted by molar-refractivity contribution is 5.38. The van der Waals surface area contributed by atoms with Crippen LogP contribution in [-0.2, 0) is 9.47 Å². The van der Waals surface area contributed by atoms with Gasteiger partial charge >= 0.3 is 0 Å². The molecule has 1 aromatic heterocycles. The molecule has 0 bridgehead atoms. The minimum Gasteiger partial charge on any atom is -0.382 e. The Morgan fingerprint density at radius 3 is 3.27 bits per heavy atom. The molecule has 0 unspecified atom stereocenters. The van der Waals surface area contributed by atoms with Gasteiger partial charge in [-0.05, 0) is 12.1 Å². The number of hydrogen-bond donors (Lipinski definition) is 0. The number of anilines is 1. The third-order valence-electron chi connectivity index (χ3n) is 2.46. The summed E-state index contributed by atoms with van der Waals surface area (Å²) in [6, 6.07) is 5.95. The number of pyridine rings is 1. The van der Waals surface area contributed by atoms with Crippen LogP contribution in [0.15, 0.2) is 24.4 Å². The summed E-state index contributed by atoms with van der Waals surface area (Å²) in [5.74, 6) is 1.02. The van der Waals surface area contributed by atoms with Gasteiger partial charge in [0.1, 0.15) is 5.82 Å².